The van der Waals surface area contributed by atoms with Crippen LogP contribution in [0.1, 0.15) is 11.3 Å². The lowest BCUT2D eigenvalue weighted by Gasteiger charge is -2.12. The van der Waals surface area contributed by atoms with Crippen LogP contribution in [0.25, 0.3) is 33.9 Å². The van der Waals surface area contributed by atoms with Gasteiger partial charge >= 0.3 is 0 Å². The second-order valence-electron chi connectivity index (χ2n) is 8.75. The van der Waals surface area contributed by atoms with Gasteiger partial charge in [-0.25, -0.2) is 14.5 Å². The van der Waals surface area contributed by atoms with Crippen LogP contribution < -0.4 is 16.5 Å². The van der Waals surface area contributed by atoms with E-state index in [4.69, 9.17) is 15.8 Å². The third-order valence-corrected chi connectivity index (χ3v) is 5.89. The van der Waals surface area contributed by atoms with Crippen LogP contribution in [-0.2, 0) is 16.6 Å². The Morgan fingerprint density at radius 3 is 2.65 bits per heavy atom. The number of hydrogen-bond acceptors (Lipinski definition) is 8. The van der Waals surface area contributed by atoms with Crippen molar-refractivity contribution in [3.05, 3.63) is 71.9 Å². The number of hydrazone groups is 1. The highest BCUT2D eigenvalue weighted by Crippen LogP contribution is 2.34. The first-order valence-corrected chi connectivity index (χ1v) is 11.5. The lowest BCUT2D eigenvalue weighted by atomic mass is 10.1. The first-order chi connectivity index (χ1) is 17.9. The number of fused-ring (bicyclic) bond motifs is 2. The summed E-state index contributed by atoms with van der Waals surface area (Å²) >= 11 is 0. The number of anilines is 1. The van der Waals surface area contributed by atoms with Crippen LogP contribution in [0.3, 0.4) is 0 Å². The molecule has 0 atom stereocenters. The number of nitrogens with two attached hydrogens (primary N) is 1. The van der Waals surface area contributed by atoms with E-state index in [2.05, 4.69) is 15.8 Å². The SMILES string of the molecule is CN(C)C/C=C/C(=O)Nc1ccc(-n2nc3c(c2-c2nc4ccccc4n2C)C(N)=NNC3=C=O)cc1. The fraction of sp³-hybridized carbons (Fsp3) is 0.154. The molecule has 5 rings (SSSR count). The van der Waals surface area contributed by atoms with E-state index in [9.17, 15) is 9.59 Å². The minimum atomic E-state index is -0.222. The Labute approximate surface area is 212 Å². The molecule has 0 saturated heterocycles. The first kappa shape index (κ1) is 23.7. The van der Waals surface area contributed by atoms with Gasteiger partial charge in [-0.2, -0.15) is 10.2 Å². The number of aryl methyl sites for hydroxylation is 1. The van der Waals surface area contributed by atoms with Gasteiger partial charge in [0, 0.05) is 25.4 Å². The molecule has 11 heteroatoms. The Morgan fingerprint density at radius 2 is 1.95 bits per heavy atom. The van der Waals surface area contributed by atoms with Gasteiger partial charge in [-0.3, -0.25) is 10.2 Å². The van der Waals surface area contributed by atoms with E-state index in [0.29, 0.717) is 40.7 Å². The summed E-state index contributed by atoms with van der Waals surface area (Å²) in [4.78, 5) is 30.7. The van der Waals surface area contributed by atoms with Gasteiger partial charge in [0.2, 0.25) is 5.91 Å². The van der Waals surface area contributed by atoms with E-state index < -0.39 is 0 Å². The number of rotatable bonds is 6. The van der Waals surface area contributed by atoms with Crippen LogP contribution in [0, 0.1) is 0 Å². The number of amides is 1. The Balaban J connectivity index is 1.59. The number of carbonyl (C=O) groups is 1. The molecule has 0 bridgehead atoms. The summed E-state index contributed by atoms with van der Waals surface area (Å²) in [6.45, 7) is 0.666. The molecule has 4 N–H and O–H groups in total. The third-order valence-electron chi connectivity index (χ3n) is 5.89. The first-order valence-electron chi connectivity index (χ1n) is 11.5. The molecule has 37 heavy (non-hydrogen) atoms. The molecular weight excluding hydrogens is 470 g/mol. The maximum atomic E-state index is 12.2. The number of nitrogens with zero attached hydrogens (tertiary/aromatic N) is 6. The van der Waals surface area contributed by atoms with E-state index in [1.807, 2.05) is 72.9 Å². The summed E-state index contributed by atoms with van der Waals surface area (Å²) in [5.74, 6) is 2.41. The van der Waals surface area contributed by atoms with Crippen molar-refractivity contribution in [2.24, 2.45) is 17.9 Å². The number of likely N-dealkylation sites (N-methyl/N-ethyl adjacent to an activating group) is 1. The highest BCUT2D eigenvalue weighted by atomic mass is 16.1. The molecular formula is C26H25N9O2. The molecule has 0 spiro atoms. The van der Waals surface area contributed by atoms with Crippen molar-refractivity contribution in [3.8, 4) is 17.2 Å². The summed E-state index contributed by atoms with van der Waals surface area (Å²) in [5, 5.41) is 11.6. The topological polar surface area (TPSA) is 135 Å². The maximum Gasteiger partial charge on any atom is 0.248 e. The monoisotopic (exact) mass is 495 g/mol. The van der Waals surface area contributed by atoms with Crippen LogP contribution >= 0.6 is 0 Å². The quantitative estimate of drug-likeness (QED) is 0.275. The second-order valence-corrected chi connectivity index (χ2v) is 8.75. The van der Waals surface area contributed by atoms with Gasteiger partial charge in [-0.15, -0.1) is 0 Å². The summed E-state index contributed by atoms with van der Waals surface area (Å²) < 4.78 is 3.61. The van der Waals surface area contributed by atoms with Gasteiger partial charge in [0.1, 0.15) is 11.4 Å². The predicted octanol–water partition coefficient (Wildman–Crippen LogP) is 1.88. The number of nitrogens with one attached hydrogen (secondary N) is 2. The standard InChI is InChI=1S/C26H25N9O2/c1-33(2)14-6-9-21(37)28-16-10-12-17(13-11-16)35-24(22-23(32-35)19(15-36)30-31-25(22)27)26-29-18-7-4-5-8-20(18)34(26)3/h4-13,30H,14H2,1-3H3,(H2,27,31)(H,28,37)/b9-6+. The zero-order valence-corrected chi connectivity index (χ0v) is 20.6. The number of benzene rings is 2. The number of carbonyl (C=O) groups excluding carboxylic acids is 2. The number of amidine groups is 1. The van der Waals surface area contributed by atoms with E-state index in [-0.39, 0.29) is 17.4 Å². The molecule has 0 radical (unpaired) electrons. The third kappa shape index (κ3) is 4.40. The van der Waals surface area contributed by atoms with Gasteiger partial charge < -0.3 is 20.5 Å². The molecule has 4 aromatic rings. The van der Waals surface area contributed by atoms with Crippen LogP contribution in [0.2, 0.25) is 0 Å². The molecule has 2 aromatic carbocycles. The molecule has 3 heterocycles. The molecule has 0 unspecified atom stereocenters. The highest BCUT2D eigenvalue weighted by Gasteiger charge is 2.31. The van der Waals surface area contributed by atoms with Gasteiger partial charge in [0.05, 0.1) is 22.3 Å². The lowest BCUT2D eigenvalue weighted by Crippen LogP contribution is -2.26. The normalized spacial score (nSPS) is 13.0. The van der Waals surface area contributed by atoms with Crippen molar-refractivity contribution in [2.45, 2.75) is 0 Å². The summed E-state index contributed by atoms with van der Waals surface area (Å²) in [6.07, 6.45) is 3.29. The fourth-order valence-corrected chi connectivity index (χ4v) is 4.12. The molecule has 0 aliphatic carbocycles. The molecule has 186 valence electrons. The van der Waals surface area contributed by atoms with Crippen molar-refractivity contribution in [3.63, 3.8) is 0 Å². The van der Waals surface area contributed by atoms with E-state index >= 15 is 0 Å². The van der Waals surface area contributed by atoms with Crippen molar-refractivity contribution in [2.75, 3.05) is 26.0 Å². The highest BCUT2D eigenvalue weighted by molar-refractivity contribution is 6.10. The zero-order valence-electron chi connectivity index (χ0n) is 20.6. The fourth-order valence-electron chi connectivity index (χ4n) is 4.12. The van der Waals surface area contributed by atoms with Crippen molar-refractivity contribution < 1.29 is 9.59 Å². The Hall–Kier alpha value is -4.99. The Bertz CT molecular complexity index is 1620. The maximum absolute atomic E-state index is 12.2. The van der Waals surface area contributed by atoms with Crippen LogP contribution in [0.5, 0.6) is 0 Å². The minimum absolute atomic E-state index is 0.0800. The number of imidazole rings is 1. The number of hydrogen-bond donors (Lipinski definition) is 3. The molecule has 2 aromatic heterocycles. The summed E-state index contributed by atoms with van der Waals surface area (Å²) in [7, 11) is 5.76. The van der Waals surface area contributed by atoms with Crippen molar-refractivity contribution in [1.29, 1.82) is 0 Å². The molecule has 1 aliphatic rings. The van der Waals surface area contributed by atoms with Gasteiger partial charge in [-0.05, 0) is 50.5 Å². The Kier molecular flexibility index (Phi) is 6.14. The predicted molar refractivity (Wildman–Crippen MR) is 143 cm³/mol. The smallest absolute Gasteiger partial charge is 0.248 e. The lowest BCUT2D eigenvalue weighted by molar-refractivity contribution is -0.111. The van der Waals surface area contributed by atoms with Crippen LogP contribution in [0.15, 0.2) is 65.8 Å². The summed E-state index contributed by atoms with van der Waals surface area (Å²) in [6, 6.07) is 14.9. The average Bonchev–Trinajstić information content (AvgIpc) is 3.43. The van der Waals surface area contributed by atoms with Crippen molar-refractivity contribution in [1.82, 2.24) is 29.7 Å². The zero-order chi connectivity index (χ0) is 26.1. The van der Waals surface area contributed by atoms with Crippen LogP contribution in [-0.4, -0.2) is 62.6 Å². The molecule has 1 amide bonds. The number of para-hydroxylation sites is 2. The average molecular weight is 496 g/mol. The largest absolute Gasteiger partial charge is 0.382 e. The second kappa shape index (κ2) is 9.57. The number of aromatic nitrogens is 4. The van der Waals surface area contributed by atoms with Gasteiger partial charge in [0.15, 0.2) is 23.3 Å². The molecule has 0 saturated carbocycles. The van der Waals surface area contributed by atoms with E-state index in [0.717, 1.165) is 11.0 Å². The van der Waals surface area contributed by atoms with Gasteiger partial charge in [-0.1, -0.05) is 18.2 Å². The van der Waals surface area contributed by atoms with E-state index in [1.165, 1.54) is 6.08 Å². The summed E-state index contributed by atoms with van der Waals surface area (Å²) in [5.41, 5.74) is 13.4. The van der Waals surface area contributed by atoms with E-state index in [1.54, 1.807) is 22.9 Å². The van der Waals surface area contributed by atoms with Crippen molar-refractivity contribution >= 4 is 40.1 Å². The van der Waals surface area contributed by atoms with Gasteiger partial charge in [0.25, 0.3) is 0 Å². The molecule has 1 aliphatic heterocycles. The molecule has 0 fully saturated rings. The van der Waals surface area contributed by atoms with Crippen LogP contribution in [0.4, 0.5) is 5.69 Å². The minimum Gasteiger partial charge on any atom is -0.382 e. The Morgan fingerprint density at radius 1 is 1.19 bits per heavy atom. The molecule has 11 nitrogen and oxygen atoms in total.